The van der Waals surface area contributed by atoms with Crippen molar-refractivity contribution in [1.29, 1.82) is 0 Å². The second-order valence-electron chi connectivity index (χ2n) is 4.42. The van der Waals surface area contributed by atoms with Crippen LogP contribution in [0.25, 0.3) is 16.8 Å². The molecule has 3 rings (SSSR count). The Hall–Kier alpha value is -2.07. The van der Waals surface area contributed by atoms with E-state index in [9.17, 15) is 0 Å². The number of benzene rings is 1. The van der Waals surface area contributed by atoms with Crippen molar-refractivity contribution in [1.82, 2.24) is 14.6 Å². The summed E-state index contributed by atoms with van der Waals surface area (Å²) in [5.41, 5.74) is 3.57. The van der Waals surface area contributed by atoms with Crippen LogP contribution in [-0.4, -0.2) is 21.2 Å². The highest BCUT2D eigenvalue weighted by Gasteiger charge is 2.17. The summed E-state index contributed by atoms with van der Waals surface area (Å²) in [7, 11) is 0. The van der Waals surface area contributed by atoms with Crippen LogP contribution in [-0.2, 0) is 0 Å². The number of aromatic nitrogens is 3. The van der Waals surface area contributed by atoms with E-state index >= 15 is 0 Å². The molecule has 0 radical (unpaired) electrons. The Balaban J connectivity index is 2.30. The van der Waals surface area contributed by atoms with Crippen molar-refractivity contribution in [3.63, 3.8) is 0 Å². The van der Waals surface area contributed by atoms with Crippen molar-refractivity contribution < 1.29 is 4.74 Å². The van der Waals surface area contributed by atoms with Gasteiger partial charge in [0.1, 0.15) is 5.75 Å². The zero-order valence-corrected chi connectivity index (χ0v) is 12.1. The minimum Gasteiger partial charge on any atom is -0.493 e. The van der Waals surface area contributed by atoms with Gasteiger partial charge < -0.3 is 4.74 Å². The van der Waals surface area contributed by atoms with E-state index in [4.69, 9.17) is 16.3 Å². The van der Waals surface area contributed by atoms with Crippen molar-refractivity contribution in [3.05, 3.63) is 47.4 Å². The Labute approximate surface area is 122 Å². The average molecular weight is 288 g/mol. The number of rotatable bonds is 3. The molecule has 0 amide bonds. The Morgan fingerprint density at radius 2 is 2.20 bits per heavy atom. The predicted octanol–water partition coefficient (Wildman–Crippen LogP) is 3.76. The van der Waals surface area contributed by atoms with E-state index < -0.39 is 0 Å². The Morgan fingerprint density at radius 1 is 1.35 bits per heavy atom. The molecule has 0 atom stereocenters. The fourth-order valence-corrected chi connectivity index (χ4v) is 2.46. The molecule has 0 spiro atoms. The quantitative estimate of drug-likeness (QED) is 0.736. The molecule has 4 nitrogen and oxygen atoms in total. The van der Waals surface area contributed by atoms with Crippen molar-refractivity contribution in [3.8, 4) is 16.9 Å². The fraction of sp³-hybridized carbons (Fsp3) is 0.200. The van der Waals surface area contributed by atoms with Gasteiger partial charge in [-0.2, -0.15) is 5.10 Å². The molecule has 0 N–H and O–H groups in total. The van der Waals surface area contributed by atoms with Crippen molar-refractivity contribution in [2.45, 2.75) is 13.8 Å². The number of fused-ring (bicyclic) bond motifs is 1. The molecule has 0 fully saturated rings. The molecule has 5 heteroatoms. The van der Waals surface area contributed by atoms with Crippen LogP contribution in [0.4, 0.5) is 0 Å². The third-order valence-corrected chi connectivity index (χ3v) is 3.32. The van der Waals surface area contributed by atoms with Crippen LogP contribution in [0.5, 0.6) is 5.75 Å². The monoisotopic (exact) mass is 287 g/mol. The van der Waals surface area contributed by atoms with Gasteiger partial charge in [0.05, 0.1) is 17.9 Å². The second kappa shape index (κ2) is 5.13. The molecule has 0 aliphatic carbocycles. The molecule has 2 heterocycles. The number of hydrogen-bond acceptors (Lipinski definition) is 3. The molecule has 1 aromatic carbocycles. The molecule has 0 aliphatic heterocycles. The van der Waals surface area contributed by atoms with Gasteiger partial charge >= 0.3 is 0 Å². The molecule has 0 bridgehead atoms. The highest BCUT2D eigenvalue weighted by Crippen LogP contribution is 2.36. The SMILES string of the molecule is CCOc1ccc(Cl)cc1-c1c(C)nn2cccnc12. The maximum absolute atomic E-state index is 6.13. The number of nitrogens with zero attached hydrogens (tertiary/aromatic N) is 3. The lowest BCUT2D eigenvalue weighted by Crippen LogP contribution is -1.95. The summed E-state index contributed by atoms with van der Waals surface area (Å²) >= 11 is 6.13. The molecule has 3 aromatic rings. The maximum atomic E-state index is 6.13. The van der Waals surface area contributed by atoms with Crippen molar-refractivity contribution in [2.75, 3.05) is 6.61 Å². The largest absolute Gasteiger partial charge is 0.493 e. The van der Waals surface area contributed by atoms with Crippen LogP contribution in [0.15, 0.2) is 36.7 Å². The Morgan fingerprint density at radius 3 is 3.00 bits per heavy atom. The molecule has 0 saturated carbocycles. The highest BCUT2D eigenvalue weighted by atomic mass is 35.5. The Kier molecular flexibility index (Phi) is 3.32. The van der Waals surface area contributed by atoms with Crippen molar-refractivity contribution >= 4 is 17.2 Å². The minimum absolute atomic E-state index is 0.598. The third-order valence-electron chi connectivity index (χ3n) is 3.08. The normalized spacial score (nSPS) is 10.9. The van der Waals surface area contributed by atoms with Gasteiger partial charge in [-0.25, -0.2) is 9.50 Å². The van der Waals surface area contributed by atoms with E-state index in [1.807, 2.05) is 44.3 Å². The molecular weight excluding hydrogens is 274 g/mol. The molecule has 0 aliphatic rings. The molecule has 0 unspecified atom stereocenters. The average Bonchev–Trinajstić information content (AvgIpc) is 2.77. The smallest absolute Gasteiger partial charge is 0.163 e. The van der Waals surface area contributed by atoms with Gasteiger partial charge in [0.25, 0.3) is 0 Å². The van der Waals surface area contributed by atoms with Crippen LogP contribution < -0.4 is 4.74 Å². The lowest BCUT2D eigenvalue weighted by Gasteiger charge is -2.10. The number of aryl methyl sites for hydroxylation is 1. The molecule has 20 heavy (non-hydrogen) atoms. The number of hydrogen-bond donors (Lipinski definition) is 0. The van der Waals surface area contributed by atoms with Gasteiger partial charge in [0.15, 0.2) is 5.65 Å². The summed E-state index contributed by atoms with van der Waals surface area (Å²) in [5, 5.41) is 5.14. The summed E-state index contributed by atoms with van der Waals surface area (Å²) in [6.07, 6.45) is 3.63. The first-order chi connectivity index (χ1) is 9.70. The predicted molar refractivity (Wildman–Crippen MR) is 79.3 cm³/mol. The zero-order chi connectivity index (χ0) is 14.1. The van der Waals surface area contributed by atoms with Gasteiger partial charge in [0.2, 0.25) is 0 Å². The summed E-state index contributed by atoms with van der Waals surface area (Å²) < 4.78 is 7.46. The molecule has 0 saturated heterocycles. The number of ether oxygens (including phenoxy) is 1. The van der Waals surface area contributed by atoms with Gasteiger partial charge in [-0.15, -0.1) is 0 Å². The van der Waals surface area contributed by atoms with E-state index in [-0.39, 0.29) is 0 Å². The lowest BCUT2D eigenvalue weighted by molar-refractivity contribution is 0.341. The maximum Gasteiger partial charge on any atom is 0.163 e. The van der Waals surface area contributed by atoms with Crippen molar-refractivity contribution in [2.24, 2.45) is 0 Å². The molecule has 102 valence electrons. The first-order valence-corrected chi connectivity index (χ1v) is 6.81. The van der Waals surface area contributed by atoms with Gasteiger partial charge in [-0.05, 0) is 38.1 Å². The third kappa shape index (κ3) is 2.12. The summed E-state index contributed by atoms with van der Waals surface area (Å²) in [4.78, 5) is 4.41. The van der Waals surface area contributed by atoms with Crippen LogP contribution in [0, 0.1) is 6.92 Å². The van der Waals surface area contributed by atoms with E-state index in [0.717, 1.165) is 28.2 Å². The fourth-order valence-electron chi connectivity index (χ4n) is 2.29. The Bertz CT molecular complexity index is 767. The topological polar surface area (TPSA) is 39.4 Å². The first-order valence-electron chi connectivity index (χ1n) is 6.43. The zero-order valence-electron chi connectivity index (χ0n) is 11.3. The van der Waals surface area contributed by atoms with E-state index in [1.54, 1.807) is 10.7 Å². The van der Waals surface area contributed by atoms with Crippen LogP contribution >= 0.6 is 11.6 Å². The van der Waals surface area contributed by atoms with E-state index in [2.05, 4.69) is 10.1 Å². The van der Waals surface area contributed by atoms with Gasteiger partial charge in [0, 0.05) is 23.0 Å². The van der Waals surface area contributed by atoms with E-state index in [1.165, 1.54) is 0 Å². The van der Waals surface area contributed by atoms with Crippen LogP contribution in [0.1, 0.15) is 12.6 Å². The molecular formula is C15H14ClN3O. The van der Waals surface area contributed by atoms with Gasteiger partial charge in [-0.3, -0.25) is 0 Å². The summed E-state index contributed by atoms with van der Waals surface area (Å²) in [5.74, 6) is 0.792. The van der Waals surface area contributed by atoms with Gasteiger partial charge in [-0.1, -0.05) is 11.6 Å². The second-order valence-corrected chi connectivity index (χ2v) is 4.86. The standard InChI is InChI=1S/C15H14ClN3O/c1-3-20-13-6-5-11(16)9-12(13)14-10(2)18-19-8-4-7-17-15(14)19/h4-9H,3H2,1-2H3. The highest BCUT2D eigenvalue weighted by molar-refractivity contribution is 6.31. The minimum atomic E-state index is 0.598. The summed E-state index contributed by atoms with van der Waals surface area (Å²) in [6, 6.07) is 7.45. The first kappa shape index (κ1) is 12.9. The molecule has 2 aromatic heterocycles. The number of halogens is 1. The van der Waals surface area contributed by atoms with Crippen LogP contribution in [0.3, 0.4) is 0 Å². The lowest BCUT2D eigenvalue weighted by atomic mass is 10.1. The van der Waals surface area contributed by atoms with E-state index in [0.29, 0.717) is 11.6 Å². The van der Waals surface area contributed by atoms with Crippen LogP contribution in [0.2, 0.25) is 5.02 Å². The summed E-state index contributed by atoms with van der Waals surface area (Å²) in [6.45, 7) is 4.51.